The second-order valence-electron chi connectivity index (χ2n) is 6.05. The van der Waals surface area contributed by atoms with E-state index in [0.717, 1.165) is 4.90 Å². The maximum atomic E-state index is 12.4. The molecule has 0 aromatic carbocycles. The van der Waals surface area contributed by atoms with Crippen LogP contribution in [0.5, 0.6) is 0 Å². The SMILES string of the molecule is CC(C)(C)OC(=O)N1C[C@@H]2[C@H]1CCN2C(=O)C(F)(F)F. The van der Waals surface area contributed by atoms with Crippen LogP contribution in [0.1, 0.15) is 27.2 Å². The van der Waals surface area contributed by atoms with Gasteiger partial charge >= 0.3 is 18.2 Å². The Labute approximate surface area is 114 Å². The first-order valence-corrected chi connectivity index (χ1v) is 6.38. The summed E-state index contributed by atoms with van der Waals surface area (Å²) in [6.07, 6.45) is -5.05. The fourth-order valence-electron chi connectivity index (χ4n) is 2.57. The Morgan fingerprint density at radius 1 is 1.10 bits per heavy atom. The maximum absolute atomic E-state index is 12.4. The Morgan fingerprint density at radius 3 is 2.20 bits per heavy atom. The summed E-state index contributed by atoms with van der Waals surface area (Å²) in [5, 5.41) is 0. The van der Waals surface area contributed by atoms with Gasteiger partial charge in [-0.25, -0.2) is 4.79 Å². The summed E-state index contributed by atoms with van der Waals surface area (Å²) < 4.78 is 42.4. The van der Waals surface area contributed by atoms with Crippen molar-refractivity contribution in [3.8, 4) is 0 Å². The highest BCUT2D eigenvalue weighted by atomic mass is 19.4. The van der Waals surface area contributed by atoms with Crippen molar-refractivity contribution in [1.82, 2.24) is 9.80 Å². The van der Waals surface area contributed by atoms with Gasteiger partial charge in [-0.2, -0.15) is 13.2 Å². The second kappa shape index (κ2) is 4.53. The fraction of sp³-hybridized carbons (Fsp3) is 0.833. The van der Waals surface area contributed by atoms with Crippen LogP contribution in [0.15, 0.2) is 0 Å². The lowest BCUT2D eigenvalue weighted by molar-refractivity contribution is -0.188. The summed E-state index contributed by atoms with van der Waals surface area (Å²) in [5.74, 6) is -1.83. The zero-order valence-corrected chi connectivity index (χ0v) is 11.5. The lowest BCUT2D eigenvalue weighted by Crippen LogP contribution is -2.65. The number of hydrogen-bond donors (Lipinski definition) is 0. The van der Waals surface area contributed by atoms with Crippen molar-refractivity contribution in [1.29, 1.82) is 0 Å². The van der Waals surface area contributed by atoms with E-state index in [4.69, 9.17) is 4.74 Å². The minimum atomic E-state index is -4.86. The van der Waals surface area contributed by atoms with Crippen molar-refractivity contribution in [3.63, 3.8) is 0 Å². The third-order valence-corrected chi connectivity index (χ3v) is 3.43. The van der Waals surface area contributed by atoms with E-state index >= 15 is 0 Å². The molecular weight excluding hydrogens is 277 g/mol. The van der Waals surface area contributed by atoms with Crippen molar-refractivity contribution in [2.75, 3.05) is 13.1 Å². The first-order valence-electron chi connectivity index (χ1n) is 6.38. The number of carbonyl (C=O) groups excluding carboxylic acids is 2. The highest BCUT2D eigenvalue weighted by Crippen LogP contribution is 2.36. The highest BCUT2D eigenvalue weighted by Gasteiger charge is 2.56. The molecule has 5 nitrogen and oxygen atoms in total. The van der Waals surface area contributed by atoms with Gasteiger partial charge in [0.25, 0.3) is 0 Å². The van der Waals surface area contributed by atoms with Gasteiger partial charge in [0.15, 0.2) is 0 Å². The average molecular weight is 294 g/mol. The molecular formula is C12H17F3N2O3. The smallest absolute Gasteiger partial charge is 0.444 e. The first kappa shape index (κ1) is 14.9. The van der Waals surface area contributed by atoms with Crippen molar-refractivity contribution in [3.05, 3.63) is 0 Å². The van der Waals surface area contributed by atoms with Gasteiger partial charge in [-0.3, -0.25) is 4.79 Å². The van der Waals surface area contributed by atoms with Gasteiger partial charge < -0.3 is 14.5 Å². The third kappa shape index (κ3) is 2.69. The van der Waals surface area contributed by atoms with Crippen molar-refractivity contribution in [2.24, 2.45) is 0 Å². The topological polar surface area (TPSA) is 49.9 Å². The molecule has 2 rings (SSSR count). The first-order chi connectivity index (χ1) is 9.00. The van der Waals surface area contributed by atoms with E-state index in [1.165, 1.54) is 4.90 Å². The Balaban J connectivity index is 1.96. The molecule has 114 valence electrons. The molecule has 2 aliphatic rings. The summed E-state index contributed by atoms with van der Waals surface area (Å²) in [4.78, 5) is 25.3. The van der Waals surface area contributed by atoms with Crippen LogP contribution in [0.2, 0.25) is 0 Å². The number of carbonyl (C=O) groups is 2. The van der Waals surface area contributed by atoms with Gasteiger partial charge in [-0.1, -0.05) is 0 Å². The summed E-state index contributed by atoms with van der Waals surface area (Å²) in [6, 6.07) is -0.909. The number of halogens is 3. The Morgan fingerprint density at radius 2 is 1.70 bits per heavy atom. The van der Waals surface area contributed by atoms with E-state index in [9.17, 15) is 22.8 Å². The van der Waals surface area contributed by atoms with E-state index in [-0.39, 0.29) is 19.1 Å². The van der Waals surface area contributed by atoms with Crippen LogP contribution in [0, 0.1) is 0 Å². The van der Waals surface area contributed by atoms with Gasteiger partial charge in [0.1, 0.15) is 5.60 Å². The zero-order chi connectivity index (χ0) is 15.3. The quantitative estimate of drug-likeness (QED) is 0.684. The number of fused-ring (bicyclic) bond motifs is 1. The van der Waals surface area contributed by atoms with Gasteiger partial charge in [0.05, 0.1) is 12.1 Å². The monoisotopic (exact) mass is 294 g/mol. The van der Waals surface area contributed by atoms with Gasteiger partial charge in [0.2, 0.25) is 0 Å². The molecule has 8 heteroatoms. The molecule has 2 atom stereocenters. The highest BCUT2D eigenvalue weighted by molar-refractivity contribution is 5.83. The molecule has 0 aliphatic carbocycles. The molecule has 2 amide bonds. The lowest BCUT2D eigenvalue weighted by atomic mass is 9.98. The predicted molar refractivity (Wildman–Crippen MR) is 62.9 cm³/mol. The third-order valence-electron chi connectivity index (χ3n) is 3.43. The molecule has 20 heavy (non-hydrogen) atoms. The predicted octanol–water partition coefficient (Wildman–Crippen LogP) is 1.77. The Kier molecular flexibility index (Phi) is 3.38. The number of rotatable bonds is 0. The van der Waals surface area contributed by atoms with E-state index < -0.39 is 29.8 Å². The molecule has 0 aromatic heterocycles. The number of hydrogen-bond acceptors (Lipinski definition) is 3. The standard InChI is InChI=1S/C12H17F3N2O3/c1-11(2,3)20-10(19)17-6-8-7(17)4-5-16(8)9(18)12(13,14)15/h7-8H,4-6H2,1-3H3/t7-,8-/m1/s1. The molecule has 2 heterocycles. The average Bonchev–Trinajstić information content (AvgIpc) is 2.50. The van der Waals surface area contributed by atoms with Crippen LogP contribution >= 0.6 is 0 Å². The van der Waals surface area contributed by atoms with Crippen molar-refractivity contribution >= 4 is 12.0 Å². The number of alkyl halides is 3. The molecule has 0 spiro atoms. The van der Waals surface area contributed by atoms with Crippen LogP contribution < -0.4 is 0 Å². The minimum Gasteiger partial charge on any atom is -0.444 e. The van der Waals surface area contributed by atoms with Gasteiger partial charge in [-0.05, 0) is 27.2 Å². The number of amides is 2. The molecule has 2 saturated heterocycles. The minimum absolute atomic E-state index is 0.0208. The summed E-state index contributed by atoms with van der Waals surface area (Å²) >= 11 is 0. The molecule has 0 aromatic rings. The normalized spacial score (nSPS) is 26.1. The van der Waals surface area contributed by atoms with E-state index in [0.29, 0.717) is 6.42 Å². The molecule has 2 aliphatic heterocycles. The molecule has 0 unspecified atom stereocenters. The maximum Gasteiger partial charge on any atom is 0.471 e. The largest absolute Gasteiger partial charge is 0.471 e. The van der Waals surface area contributed by atoms with E-state index in [1.807, 2.05) is 0 Å². The van der Waals surface area contributed by atoms with Gasteiger partial charge in [-0.15, -0.1) is 0 Å². The molecule has 0 radical (unpaired) electrons. The van der Waals surface area contributed by atoms with Crippen LogP contribution in [0.3, 0.4) is 0 Å². The van der Waals surface area contributed by atoms with Crippen molar-refractivity contribution < 1.29 is 27.5 Å². The Hall–Kier alpha value is -1.47. The molecule has 0 saturated carbocycles. The van der Waals surface area contributed by atoms with Crippen LogP contribution in [-0.2, 0) is 9.53 Å². The molecule has 2 fully saturated rings. The summed E-state index contributed by atoms with van der Waals surface area (Å²) in [7, 11) is 0. The summed E-state index contributed by atoms with van der Waals surface area (Å²) in [6.45, 7) is 5.28. The van der Waals surface area contributed by atoms with E-state index in [2.05, 4.69) is 0 Å². The zero-order valence-electron chi connectivity index (χ0n) is 11.5. The number of likely N-dealkylation sites (tertiary alicyclic amines) is 2. The number of nitrogens with zero attached hydrogens (tertiary/aromatic N) is 2. The van der Waals surface area contributed by atoms with E-state index in [1.54, 1.807) is 20.8 Å². The van der Waals surface area contributed by atoms with Crippen LogP contribution in [-0.4, -0.2) is 58.8 Å². The van der Waals surface area contributed by atoms with Gasteiger partial charge in [0, 0.05) is 13.1 Å². The lowest BCUT2D eigenvalue weighted by Gasteiger charge is -2.46. The molecule has 0 bridgehead atoms. The summed E-state index contributed by atoms with van der Waals surface area (Å²) in [5.41, 5.74) is -0.651. The van der Waals surface area contributed by atoms with Crippen molar-refractivity contribution in [2.45, 2.75) is 51.1 Å². The number of ether oxygens (including phenoxy) is 1. The second-order valence-corrected chi connectivity index (χ2v) is 6.05. The van der Waals surface area contributed by atoms with Crippen LogP contribution in [0.25, 0.3) is 0 Å². The fourth-order valence-corrected chi connectivity index (χ4v) is 2.57. The molecule has 0 N–H and O–H groups in total. The van der Waals surface area contributed by atoms with Crippen LogP contribution in [0.4, 0.5) is 18.0 Å². The Bertz CT molecular complexity index is 431.